The van der Waals surface area contributed by atoms with E-state index in [9.17, 15) is 13.2 Å². The number of alkyl halides is 2. The van der Waals surface area contributed by atoms with Gasteiger partial charge in [0.1, 0.15) is 24.2 Å². The van der Waals surface area contributed by atoms with Crippen LogP contribution >= 0.6 is 12.4 Å². The number of methoxy groups -OCH3 is 1. The van der Waals surface area contributed by atoms with Crippen LogP contribution < -0.4 is 10.5 Å². The lowest BCUT2D eigenvalue weighted by atomic mass is 10.00. The zero-order valence-corrected chi connectivity index (χ0v) is 9.81. The molecule has 0 spiro atoms. The molecule has 0 aliphatic rings. The van der Waals surface area contributed by atoms with E-state index in [4.69, 9.17) is 15.6 Å². The molecule has 0 aliphatic carbocycles. The maximum absolute atomic E-state index is 13.4. The fourth-order valence-corrected chi connectivity index (χ4v) is 1.31. The molecule has 17 heavy (non-hydrogen) atoms. The van der Waals surface area contributed by atoms with Gasteiger partial charge in [0.2, 0.25) is 0 Å². The Bertz CT molecular complexity index is 377. The van der Waals surface area contributed by atoms with Crippen molar-refractivity contribution < 1.29 is 23.0 Å². The third-order valence-electron chi connectivity index (χ3n) is 2.21. The smallest absolute Gasteiger partial charge is 0.289 e. The van der Waals surface area contributed by atoms with Gasteiger partial charge in [-0.25, -0.2) is 13.2 Å². The van der Waals surface area contributed by atoms with Crippen molar-refractivity contribution in [2.45, 2.75) is 12.0 Å². The molecule has 0 aromatic heterocycles. The number of aliphatic hydroxyl groups excluding tert-OH is 1. The highest BCUT2D eigenvalue weighted by Gasteiger charge is 2.40. The number of benzene rings is 1. The molecule has 0 fully saturated rings. The van der Waals surface area contributed by atoms with Gasteiger partial charge in [0.25, 0.3) is 5.92 Å². The molecule has 3 nitrogen and oxygen atoms in total. The minimum Gasteiger partial charge on any atom is -0.496 e. The lowest BCUT2D eigenvalue weighted by Crippen LogP contribution is -2.37. The fraction of sp³-hybridized carbons (Fsp3) is 0.400. The number of nitrogens with two attached hydrogens (primary N) is 1. The second-order valence-electron chi connectivity index (χ2n) is 3.25. The summed E-state index contributed by atoms with van der Waals surface area (Å²) >= 11 is 0. The lowest BCUT2D eigenvalue weighted by Gasteiger charge is -2.23. The predicted molar refractivity (Wildman–Crippen MR) is 59.2 cm³/mol. The van der Waals surface area contributed by atoms with Gasteiger partial charge in [-0.15, -0.1) is 12.4 Å². The topological polar surface area (TPSA) is 55.5 Å². The summed E-state index contributed by atoms with van der Waals surface area (Å²) in [5, 5.41) is 8.49. The number of ether oxygens (including phenoxy) is 1. The minimum atomic E-state index is -3.60. The van der Waals surface area contributed by atoms with Crippen LogP contribution in [0.1, 0.15) is 11.6 Å². The second-order valence-corrected chi connectivity index (χ2v) is 3.25. The monoisotopic (exact) mass is 271 g/mol. The van der Waals surface area contributed by atoms with E-state index >= 15 is 0 Å². The highest BCUT2D eigenvalue weighted by atomic mass is 35.5. The number of hydrogen-bond acceptors (Lipinski definition) is 3. The Labute approximate surface area is 103 Å². The van der Waals surface area contributed by atoms with Crippen molar-refractivity contribution in [3.63, 3.8) is 0 Å². The van der Waals surface area contributed by atoms with Crippen LogP contribution in [0.5, 0.6) is 5.75 Å². The average molecular weight is 272 g/mol. The van der Waals surface area contributed by atoms with Crippen molar-refractivity contribution in [2.24, 2.45) is 5.73 Å². The fourth-order valence-electron chi connectivity index (χ4n) is 1.31. The zero-order chi connectivity index (χ0) is 12.3. The molecule has 0 unspecified atom stereocenters. The molecule has 0 amide bonds. The molecular formula is C10H13ClF3NO2. The van der Waals surface area contributed by atoms with Gasteiger partial charge < -0.3 is 15.6 Å². The molecular weight excluding hydrogens is 259 g/mol. The number of aliphatic hydroxyl groups is 1. The summed E-state index contributed by atoms with van der Waals surface area (Å²) in [6.07, 6.45) is 0. The van der Waals surface area contributed by atoms with Crippen LogP contribution in [0.25, 0.3) is 0 Å². The first-order valence-corrected chi connectivity index (χ1v) is 4.50. The molecule has 98 valence electrons. The summed E-state index contributed by atoms with van der Waals surface area (Å²) in [5.74, 6) is -4.56. The number of halogens is 4. The molecule has 0 saturated heterocycles. The summed E-state index contributed by atoms with van der Waals surface area (Å²) in [6, 6.07) is 1.70. The van der Waals surface area contributed by atoms with Crippen molar-refractivity contribution >= 4 is 12.4 Å². The van der Waals surface area contributed by atoms with Crippen molar-refractivity contribution in [1.82, 2.24) is 0 Å². The SMILES string of the molecule is COc1cccc(F)c1[C@H](N)C(F)(F)CO.Cl. The van der Waals surface area contributed by atoms with Crippen molar-refractivity contribution in [1.29, 1.82) is 0 Å². The lowest BCUT2D eigenvalue weighted by molar-refractivity contribution is -0.0723. The zero-order valence-electron chi connectivity index (χ0n) is 8.99. The first-order chi connectivity index (χ1) is 7.44. The Hall–Kier alpha value is -0.980. The summed E-state index contributed by atoms with van der Waals surface area (Å²) in [6.45, 7) is -1.45. The molecule has 1 aromatic carbocycles. The summed E-state index contributed by atoms with van der Waals surface area (Å²) < 4.78 is 44.4. The minimum absolute atomic E-state index is 0. The molecule has 0 heterocycles. The third-order valence-corrected chi connectivity index (χ3v) is 2.21. The summed E-state index contributed by atoms with van der Waals surface area (Å²) in [4.78, 5) is 0. The molecule has 3 N–H and O–H groups in total. The van der Waals surface area contributed by atoms with Crippen LogP contribution in [0.15, 0.2) is 18.2 Å². The van der Waals surface area contributed by atoms with Gasteiger partial charge in [-0.2, -0.15) is 0 Å². The summed E-state index contributed by atoms with van der Waals surface area (Å²) in [7, 11) is 1.22. The Morgan fingerprint density at radius 2 is 2.06 bits per heavy atom. The van der Waals surface area contributed by atoms with E-state index in [-0.39, 0.29) is 18.2 Å². The van der Waals surface area contributed by atoms with Crippen LogP contribution in [0.3, 0.4) is 0 Å². The van der Waals surface area contributed by atoms with Gasteiger partial charge in [-0.1, -0.05) is 6.07 Å². The molecule has 1 rings (SSSR count). The largest absolute Gasteiger partial charge is 0.496 e. The van der Waals surface area contributed by atoms with Crippen LogP contribution in [0.2, 0.25) is 0 Å². The maximum atomic E-state index is 13.4. The summed E-state index contributed by atoms with van der Waals surface area (Å²) in [5.41, 5.74) is 4.79. The van der Waals surface area contributed by atoms with Gasteiger partial charge >= 0.3 is 0 Å². The molecule has 0 radical (unpaired) electrons. The van der Waals surface area contributed by atoms with Crippen molar-refractivity contribution in [2.75, 3.05) is 13.7 Å². The van der Waals surface area contributed by atoms with Crippen molar-refractivity contribution in [3.05, 3.63) is 29.6 Å². The van der Waals surface area contributed by atoms with E-state index in [0.717, 1.165) is 6.07 Å². The molecule has 1 aromatic rings. The van der Waals surface area contributed by atoms with Crippen LogP contribution in [0.4, 0.5) is 13.2 Å². The predicted octanol–water partition coefficient (Wildman–Crippen LogP) is 1.88. The maximum Gasteiger partial charge on any atom is 0.289 e. The molecule has 0 saturated carbocycles. The number of hydrogen-bond donors (Lipinski definition) is 2. The highest BCUT2D eigenvalue weighted by Crippen LogP contribution is 2.35. The Morgan fingerprint density at radius 3 is 2.53 bits per heavy atom. The molecule has 0 bridgehead atoms. The van der Waals surface area contributed by atoms with Crippen LogP contribution in [0, 0.1) is 5.82 Å². The van der Waals surface area contributed by atoms with Gasteiger partial charge in [0, 0.05) is 0 Å². The van der Waals surface area contributed by atoms with Crippen LogP contribution in [-0.4, -0.2) is 24.7 Å². The second kappa shape index (κ2) is 6.09. The molecule has 0 aliphatic heterocycles. The van der Waals surface area contributed by atoms with E-state index in [1.807, 2.05) is 0 Å². The Kier molecular flexibility index (Phi) is 5.74. The van der Waals surface area contributed by atoms with Gasteiger partial charge in [0.05, 0.1) is 12.7 Å². The van der Waals surface area contributed by atoms with Gasteiger partial charge in [0.15, 0.2) is 0 Å². The third kappa shape index (κ3) is 3.24. The first kappa shape index (κ1) is 16.0. The Morgan fingerprint density at radius 1 is 1.47 bits per heavy atom. The van der Waals surface area contributed by atoms with E-state index < -0.39 is 30.0 Å². The highest BCUT2D eigenvalue weighted by molar-refractivity contribution is 5.85. The average Bonchev–Trinajstić information content (AvgIpc) is 2.27. The van der Waals surface area contributed by atoms with Gasteiger partial charge in [-0.3, -0.25) is 0 Å². The van der Waals surface area contributed by atoms with E-state index in [2.05, 4.69) is 0 Å². The van der Waals surface area contributed by atoms with E-state index in [1.54, 1.807) is 0 Å². The quantitative estimate of drug-likeness (QED) is 0.879. The van der Waals surface area contributed by atoms with Gasteiger partial charge in [-0.05, 0) is 12.1 Å². The Balaban J connectivity index is 0.00000256. The number of rotatable bonds is 4. The van der Waals surface area contributed by atoms with E-state index in [0.29, 0.717) is 0 Å². The van der Waals surface area contributed by atoms with E-state index in [1.165, 1.54) is 19.2 Å². The van der Waals surface area contributed by atoms with Crippen molar-refractivity contribution in [3.8, 4) is 5.75 Å². The first-order valence-electron chi connectivity index (χ1n) is 4.50. The van der Waals surface area contributed by atoms with Crippen LogP contribution in [-0.2, 0) is 0 Å². The normalized spacial score (nSPS) is 12.8. The standard InChI is InChI=1S/C10H12F3NO2.ClH/c1-16-7-4-2-3-6(11)8(7)9(14)10(12,13)5-15;/h2-4,9,15H,5,14H2,1H3;1H/t9-;/m0./s1. The molecule has 7 heteroatoms. The molecule has 1 atom stereocenters.